The van der Waals surface area contributed by atoms with Crippen LogP contribution >= 0.6 is 35.7 Å². The van der Waals surface area contributed by atoms with Gasteiger partial charge in [-0.3, -0.25) is 5.43 Å². The van der Waals surface area contributed by atoms with Gasteiger partial charge in [-0.1, -0.05) is 0 Å². The SMILES string of the molecule is NC(=S)NN1[C@@H]2CS[C@@H]1CS2. The second-order valence-electron chi connectivity index (χ2n) is 2.46. The van der Waals surface area contributed by atoms with E-state index in [-0.39, 0.29) is 0 Å². The fourth-order valence-corrected chi connectivity index (χ4v) is 4.50. The Labute approximate surface area is 79.4 Å². The average molecular weight is 207 g/mol. The summed E-state index contributed by atoms with van der Waals surface area (Å²) in [4.78, 5) is 0. The first-order chi connectivity index (χ1) is 5.27. The molecule has 0 amide bonds. The maximum Gasteiger partial charge on any atom is 0.178 e. The van der Waals surface area contributed by atoms with E-state index in [0.717, 1.165) is 0 Å². The van der Waals surface area contributed by atoms with Gasteiger partial charge in [-0.15, -0.1) is 23.5 Å². The van der Waals surface area contributed by atoms with Crippen molar-refractivity contribution in [2.24, 2.45) is 5.73 Å². The molecule has 2 atom stereocenters. The van der Waals surface area contributed by atoms with Gasteiger partial charge in [0.25, 0.3) is 0 Å². The molecular formula is C5H9N3S3. The van der Waals surface area contributed by atoms with Crippen molar-refractivity contribution in [1.29, 1.82) is 0 Å². The maximum atomic E-state index is 5.38. The lowest BCUT2D eigenvalue weighted by atomic mass is 10.6. The second kappa shape index (κ2) is 3.01. The normalized spacial score (nSPS) is 36.0. The molecule has 2 fully saturated rings. The third-order valence-corrected chi connectivity index (χ3v) is 4.81. The molecule has 6 heteroatoms. The zero-order valence-electron chi connectivity index (χ0n) is 5.82. The van der Waals surface area contributed by atoms with Gasteiger partial charge in [-0.2, -0.15) is 5.01 Å². The van der Waals surface area contributed by atoms with Gasteiger partial charge in [0.1, 0.15) is 0 Å². The van der Waals surface area contributed by atoms with E-state index in [9.17, 15) is 0 Å². The molecule has 0 saturated carbocycles. The van der Waals surface area contributed by atoms with Crippen molar-refractivity contribution in [3.05, 3.63) is 0 Å². The van der Waals surface area contributed by atoms with Gasteiger partial charge in [0.2, 0.25) is 0 Å². The van der Waals surface area contributed by atoms with Crippen LogP contribution in [-0.4, -0.2) is 32.4 Å². The summed E-state index contributed by atoms with van der Waals surface area (Å²) >= 11 is 8.71. The Hall–Kier alpha value is 0.350. The minimum atomic E-state index is 0.380. The standard InChI is InChI=1S/C5H9N3S3/c6-5(9)7-8-3-1-10-4(8)2-11-3/h3-4H,1-2H2,(H3,6,7,9)/t3-,4+. The molecule has 11 heavy (non-hydrogen) atoms. The lowest BCUT2D eigenvalue weighted by molar-refractivity contribution is 0.256. The molecule has 2 bridgehead atoms. The zero-order chi connectivity index (χ0) is 7.84. The molecule has 0 radical (unpaired) electrons. The van der Waals surface area contributed by atoms with Gasteiger partial charge >= 0.3 is 0 Å². The average Bonchev–Trinajstić information content (AvgIpc) is 2.48. The van der Waals surface area contributed by atoms with E-state index in [1.54, 1.807) is 0 Å². The van der Waals surface area contributed by atoms with E-state index < -0.39 is 0 Å². The molecule has 0 aromatic carbocycles. The molecular weight excluding hydrogens is 198 g/mol. The monoisotopic (exact) mass is 207 g/mol. The molecule has 2 aliphatic rings. The molecule has 2 aliphatic heterocycles. The first-order valence-electron chi connectivity index (χ1n) is 3.35. The van der Waals surface area contributed by atoms with Crippen molar-refractivity contribution in [3.8, 4) is 0 Å². The fraction of sp³-hybridized carbons (Fsp3) is 0.800. The quantitative estimate of drug-likeness (QED) is 0.598. The van der Waals surface area contributed by atoms with Crippen molar-refractivity contribution < 1.29 is 0 Å². The predicted octanol–water partition coefficient (Wildman–Crippen LogP) is 0.182. The minimum absolute atomic E-state index is 0.380. The summed E-state index contributed by atoms with van der Waals surface area (Å²) in [5, 5.41) is 3.69. The number of hydrazine groups is 1. The third-order valence-electron chi connectivity index (χ3n) is 1.72. The minimum Gasteiger partial charge on any atom is -0.375 e. The number of rotatable bonds is 1. The van der Waals surface area contributed by atoms with Gasteiger partial charge < -0.3 is 5.73 Å². The molecule has 62 valence electrons. The van der Waals surface area contributed by atoms with Gasteiger partial charge in [0, 0.05) is 11.5 Å². The van der Waals surface area contributed by atoms with Crippen LogP contribution in [0.3, 0.4) is 0 Å². The second-order valence-corrected chi connectivity index (χ2v) is 5.32. The Kier molecular flexibility index (Phi) is 2.18. The molecule has 0 aliphatic carbocycles. The van der Waals surface area contributed by atoms with E-state index in [1.807, 2.05) is 23.5 Å². The van der Waals surface area contributed by atoms with Crippen molar-refractivity contribution in [1.82, 2.24) is 10.4 Å². The largest absolute Gasteiger partial charge is 0.375 e. The lowest BCUT2D eigenvalue weighted by Crippen LogP contribution is -2.47. The number of fused-ring (bicyclic) bond motifs is 2. The summed E-state index contributed by atoms with van der Waals surface area (Å²) in [7, 11) is 0. The highest BCUT2D eigenvalue weighted by Gasteiger charge is 2.41. The van der Waals surface area contributed by atoms with Crippen LogP contribution in [-0.2, 0) is 0 Å². The van der Waals surface area contributed by atoms with Crippen LogP contribution in [0.5, 0.6) is 0 Å². The number of thiocarbonyl (C=S) groups is 1. The van der Waals surface area contributed by atoms with Gasteiger partial charge in [0.05, 0.1) is 10.7 Å². The third kappa shape index (κ3) is 1.44. The molecule has 2 heterocycles. The van der Waals surface area contributed by atoms with Crippen molar-refractivity contribution in [2.75, 3.05) is 11.5 Å². The van der Waals surface area contributed by atoms with Gasteiger partial charge in [-0.25, -0.2) is 0 Å². The molecule has 0 spiro atoms. The highest BCUT2D eigenvalue weighted by molar-refractivity contribution is 8.07. The number of nitrogens with two attached hydrogens (primary N) is 1. The van der Waals surface area contributed by atoms with E-state index >= 15 is 0 Å². The Balaban J connectivity index is 1.99. The van der Waals surface area contributed by atoms with Crippen LogP contribution in [0.1, 0.15) is 0 Å². The number of hydrogen-bond acceptors (Lipinski definition) is 4. The highest BCUT2D eigenvalue weighted by Crippen LogP contribution is 2.42. The number of nitrogens with one attached hydrogen (secondary N) is 1. The summed E-state index contributed by atoms with van der Waals surface area (Å²) in [5.41, 5.74) is 8.39. The topological polar surface area (TPSA) is 41.3 Å². The molecule has 3 N–H and O–H groups in total. The van der Waals surface area contributed by atoms with Crippen molar-refractivity contribution in [2.45, 2.75) is 10.7 Å². The molecule has 2 rings (SSSR count). The Morgan fingerprint density at radius 3 is 2.36 bits per heavy atom. The molecule has 0 unspecified atom stereocenters. The van der Waals surface area contributed by atoms with Crippen LogP contribution in [0.4, 0.5) is 0 Å². The smallest absolute Gasteiger partial charge is 0.178 e. The van der Waals surface area contributed by atoms with Crippen LogP contribution in [0.2, 0.25) is 0 Å². The first kappa shape index (κ1) is 7.97. The van der Waals surface area contributed by atoms with Crippen LogP contribution in [0.25, 0.3) is 0 Å². The van der Waals surface area contributed by atoms with Crippen LogP contribution in [0, 0.1) is 0 Å². The predicted molar refractivity (Wildman–Crippen MR) is 54.3 cm³/mol. The number of hydrogen-bond donors (Lipinski definition) is 2. The first-order valence-corrected chi connectivity index (χ1v) is 5.85. The maximum absolute atomic E-state index is 5.38. The summed E-state index contributed by atoms with van der Waals surface area (Å²) in [6, 6.07) is 0. The van der Waals surface area contributed by atoms with Crippen molar-refractivity contribution in [3.63, 3.8) is 0 Å². The molecule has 2 saturated heterocycles. The van der Waals surface area contributed by atoms with E-state index in [0.29, 0.717) is 15.9 Å². The van der Waals surface area contributed by atoms with E-state index in [1.165, 1.54) is 11.5 Å². The lowest BCUT2D eigenvalue weighted by Gasteiger charge is -2.20. The Morgan fingerprint density at radius 2 is 2.00 bits per heavy atom. The molecule has 3 nitrogen and oxygen atoms in total. The summed E-state index contributed by atoms with van der Waals surface area (Å²) < 4.78 is 0. The Morgan fingerprint density at radius 1 is 1.45 bits per heavy atom. The summed E-state index contributed by atoms with van der Waals surface area (Å²) in [6.45, 7) is 0. The number of thioether (sulfide) groups is 2. The van der Waals surface area contributed by atoms with E-state index in [4.69, 9.17) is 18.0 Å². The summed E-state index contributed by atoms with van der Waals surface area (Å²) in [6.07, 6.45) is 0. The summed E-state index contributed by atoms with van der Waals surface area (Å²) in [5.74, 6) is 2.37. The molecule has 0 aromatic heterocycles. The van der Waals surface area contributed by atoms with Crippen molar-refractivity contribution >= 4 is 40.9 Å². The zero-order valence-corrected chi connectivity index (χ0v) is 8.27. The van der Waals surface area contributed by atoms with Gasteiger partial charge in [-0.05, 0) is 12.2 Å². The fourth-order valence-electron chi connectivity index (χ4n) is 1.26. The van der Waals surface area contributed by atoms with Crippen LogP contribution in [0.15, 0.2) is 0 Å². The molecule has 0 aromatic rings. The highest BCUT2D eigenvalue weighted by atomic mass is 32.2. The van der Waals surface area contributed by atoms with Gasteiger partial charge in [0.15, 0.2) is 5.11 Å². The van der Waals surface area contributed by atoms with Crippen LogP contribution < -0.4 is 11.2 Å². The van der Waals surface area contributed by atoms with E-state index in [2.05, 4.69) is 10.4 Å². The number of nitrogens with zero attached hydrogens (tertiary/aromatic N) is 1. The Bertz CT molecular complexity index is 166.